The van der Waals surface area contributed by atoms with Crippen molar-refractivity contribution in [2.45, 2.75) is 19.4 Å². The summed E-state index contributed by atoms with van der Waals surface area (Å²) in [7, 11) is 1.68. The molecule has 0 bridgehead atoms. The van der Waals surface area contributed by atoms with Crippen LogP contribution >= 0.6 is 0 Å². The monoisotopic (exact) mass is 369 g/mol. The van der Waals surface area contributed by atoms with Gasteiger partial charge in [-0.1, -0.05) is 36.4 Å². The van der Waals surface area contributed by atoms with E-state index < -0.39 is 0 Å². The molecule has 2 aromatic rings. The highest BCUT2D eigenvalue weighted by Gasteiger charge is 2.30. The Bertz CT molecular complexity index is 797. The number of likely N-dealkylation sites (tertiary alicyclic amines) is 1. The molecular weight excluding hydrogens is 345 g/mol. The number of anilines is 1. The molecule has 1 aliphatic heterocycles. The average Bonchev–Trinajstić information content (AvgIpc) is 2.70. The number of hydrogen-bond donors (Lipinski definition) is 1. The molecule has 1 saturated heterocycles. The minimum Gasteiger partial charge on any atom is -0.341 e. The van der Waals surface area contributed by atoms with Gasteiger partial charge in [-0.25, -0.2) is 9.18 Å². The van der Waals surface area contributed by atoms with E-state index in [0.29, 0.717) is 18.7 Å². The van der Waals surface area contributed by atoms with Gasteiger partial charge in [-0.05, 0) is 31.0 Å². The minimum absolute atomic E-state index is 0.0598. The first-order valence-corrected chi connectivity index (χ1v) is 9.14. The summed E-state index contributed by atoms with van der Waals surface area (Å²) < 4.78 is 13.8. The summed E-state index contributed by atoms with van der Waals surface area (Å²) in [5.74, 6) is -0.642. The normalized spacial score (nSPS) is 16.7. The predicted octanol–water partition coefficient (Wildman–Crippen LogP) is 3.73. The number of benzene rings is 2. The predicted molar refractivity (Wildman–Crippen MR) is 103 cm³/mol. The number of para-hydroxylation sites is 1. The van der Waals surface area contributed by atoms with Crippen LogP contribution in [0.1, 0.15) is 18.4 Å². The molecule has 1 aliphatic rings. The SMILES string of the molecule is CN(Cc1ccccc1F)C(=O)[C@@H]1CCCN(C(=O)Nc2ccccc2)C1. The third-order valence-corrected chi connectivity index (χ3v) is 4.82. The van der Waals surface area contributed by atoms with Crippen molar-refractivity contribution in [3.63, 3.8) is 0 Å². The van der Waals surface area contributed by atoms with Crippen molar-refractivity contribution < 1.29 is 14.0 Å². The highest BCUT2D eigenvalue weighted by atomic mass is 19.1. The molecule has 0 aromatic heterocycles. The molecule has 0 radical (unpaired) electrons. The molecular formula is C21H24FN3O2. The van der Waals surface area contributed by atoms with E-state index in [0.717, 1.165) is 18.5 Å². The molecule has 1 fully saturated rings. The first kappa shape index (κ1) is 18.9. The lowest BCUT2D eigenvalue weighted by Crippen LogP contribution is -2.47. The van der Waals surface area contributed by atoms with E-state index >= 15 is 0 Å². The van der Waals surface area contributed by atoms with E-state index in [2.05, 4.69) is 5.32 Å². The maximum absolute atomic E-state index is 13.8. The number of carbonyl (C=O) groups is 2. The number of amides is 3. The summed E-state index contributed by atoms with van der Waals surface area (Å²) in [5.41, 5.74) is 1.22. The van der Waals surface area contributed by atoms with Crippen molar-refractivity contribution in [3.05, 3.63) is 66.0 Å². The van der Waals surface area contributed by atoms with Crippen molar-refractivity contribution >= 4 is 17.6 Å². The number of halogens is 1. The largest absolute Gasteiger partial charge is 0.341 e. The van der Waals surface area contributed by atoms with E-state index in [-0.39, 0.29) is 30.2 Å². The lowest BCUT2D eigenvalue weighted by molar-refractivity contribution is -0.136. The fourth-order valence-electron chi connectivity index (χ4n) is 3.36. The van der Waals surface area contributed by atoms with Crippen molar-refractivity contribution in [3.8, 4) is 0 Å². The molecule has 142 valence electrons. The van der Waals surface area contributed by atoms with Crippen molar-refractivity contribution in [2.24, 2.45) is 5.92 Å². The van der Waals surface area contributed by atoms with Crippen LogP contribution in [0, 0.1) is 11.7 Å². The number of hydrogen-bond acceptors (Lipinski definition) is 2. The van der Waals surface area contributed by atoms with Gasteiger partial charge in [0, 0.05) is 37.9 Å². The number of rotatable bonds is 4. The zero-order valence-electron chi connectivity index (χ0n) is 15.4. The molecule has 1 atom stereocenters. The summed E-state index contributed by atoms with van der Waals surface area (Å²) in [6, 6.07) is 15.5. The number of nitrogens with one attached hydrogen (secondary N) is 1. The van der Waals surface area contributed by atoms with Crippen molar-refractivity contribution in [2.75, 3.05) is 25.5 Å². The Morgan fingerprint density at radius 1 is 1.15 bits per heavy atom. The Balaban J connectivity index is 1.59. The summed E-state index contributed by atoms with van der Waals surface area (Å²) in [5, 5.41) is 2.86. The van der Waals surface area contributed by atoms with E-state index in [1.54, 1.807) is 35.0 Å². The van der Waals surface area contributed by atoms with Gasteiger partial charge in [-0.3, -0.25) is 4.79 Å². The van der Waals surface area contributed by atoms with Crippen LogP contribution in [0.15, 0.2) is 54.6 Å². The maximum atomic E-state index is 13.8. The summed E-state index contributed by atoms with van der Waals surface area (Å²) >= 11 is 0. The lowest BCUT2D eigenvalue weighted by Gasteiger charge is -2.34. The van der Waals surface area contributed by atoms with Gasteiger partial charge in [0.25, 0.3) is 0 Å². The first-order chi connectivity index (χ1) is 13.0. The van der Waals surface area contributed by atoms with Crippen LogP contribution < -0.4 is 5.32 Å². The Kier molecular flexibility index (Phi) is 6.06. The Hall–Kier alpha value is -2.89. The molecule has 3 amide bonds. The van der Waals surface area contributed by atoms with Crippen LogP contribution in [0.2, 0.25) is 0 Å². The molecule has 0 spiro atoms. The second-order valence-corrected chi connectivity index (χ2v) is 6.87. The fourth-order valence-corrected chi connectivity index (χ4v) is 3.36. The zero-order chi connectivity index (χ0) is 19.2. The maximum Gasteiger partial charge on any atom is 0.321 e. The second kappa shape index (κ2) is 8.66. The third-order valence-electron chi connectivity index (χ3n) is 4.82. The van der Waals surface area contributed by atoms with Crippen molar-refractivity contribution in [1.82, 2.24) is 9.80 Å². The van der Waals surface area contributed by atoms with Gasteiger partial charge in [-0.2, -0.15) is 0 Å². The molecule has 2 aromatic carbocycles. The van der Waals surface area contributed by atoms with E-state index in [1.165, 1.54) is 6.07 Å². The second-order valence-electron chi connectivity index (χ2n) is 6.87. The van der Waals surface area contributed by atoms with Gasteiger partial charge in [0.15, 0.2) is 0 Å². The molecule has 6 heteroatoms. The molecule has 1 heterocycles. The molecule has 0 aliphatic carbocycles. The van der Waals surface area contributed by atoms with Gasteiger partial charge in [-0.15, -0.1) is 0 Å². The highest BCUT2D eigenvalue weighted by Crippen LogP contribution is 2.21. The summed E-state index contributed by atoms with van der Waals surface area (Å²) in [6.45, 7) is 1.22. The first-order valence-electron chi connectivity index (χ1n) is 9.14. The minimum atomic E-state index is -0.315. The Morgan fingerprint density at radius 2 is 1.85 bits per heavy atom. The Labute approximate surface area is 158 Å². The van der Waals surface area contributed by atoms with Crippen LogP contribution in [0.4, 0.5) is 14.9 Å². The number of carbonyl (C=O) groups excluding carboxylic acids is 2. The topological polar surface area (TPSA) is 52.7 Å². The quantitative estimate of drug-likeness (QED) is 0.893. The molecule has 0 unspecified atom stereocenters. The van der Waals surface area contributed by atoms with Gasteiger partial charge >= 0.3 is 6.03 Å². The van der Waals surface area contributed by atoms with Crippen molar-refractivity contribution in [1.29, 1.82) is 0 Å². The van der Waals surface area contributed by atoms with Gasteiger partial charge in [0.05, 0.1) is 5.92 Å². The third kappa shape index (κ3) is 4.84. The smallest absolute Gasteiger partial charge is 0.321 e. The van der Waals surface area contributed by atoms with Gasteiger partial charge < -0.3 is 15.1 Å². The molecule has 27 heavy (non-hydrogen) atoms. The fraction of sp³-hybridized carbons (Fsp3) is 0.333. The molecule has 5 nitrogen and oxygen atoms in total. The highest BCUT2D eigenvalue weighted by molar-refractivity contribution is 5.90. The van der Waals surface area contributed by atoms with Crippen LogP contribution in [0.5, 0.6) is 0 Å². The molecule has 1 N–H and O–H groups in total. The van der Waals surface area contributed by atoms with E-state index in [4.69, 9.17) is 0 Å². The lowest BCUT2D eigenvalue weighted by atomic mass is 9.96. The van der Waals surface area contributed by atoms with Gasteiger partial charge in [0.1, 0.15) is 5.82 Å². The summed E-state index contributed by atoms with van der Waals surface area (Å²) in [4.78, 5) is 28.5. The average molecular weight is 369 g/mol. The van der Waals surface area contributed by atoms with E-state index in [9.17, 15) is 14.0 Å². The van der Waals surface area contributed by atoms with Crippen LogP contribution in [0.25, 0.3) is 0 Å². The summed E-state index contributed by atoms with van der Waals surface area (Å²) in [6.07, 6.45) is 1.50. The van der Waals surface area contributed by atoms with Gasteiger partial charge in [0.2, 0.25) is 5.91 Å². The van der Waals surface area contributed by atoms with E-state index in [1.807, 2.05) is 30.3 Å². The van der Waals surface area contributed by atoms with Crippen LogP contribution in [-0.2, 0) is 11.3 Å². The number of urea groups is 1. The standard InChI is InChI=1S/C21H24FN3O2/c1-24(14-16-8-5-6-12-19(16)22)20(26)17-9-7-13-25(15-17)21(27)23-18-10-3-2-4-11-18/h2-6,8,10-12,17H,7,9,13-15H2,1H3,(H,23,27)/t17-/m1/s1. The Morgan fingerprint density at radius 3 is 2.59 bits per heavy atom. The molecule has 3 rings (SSSR count). The van der Waals surface area contributed by atoms with Crippen LogP contribution in [0.3, 0.4) is 0 Å². The zero-order valence-corrected chi connectivity index (χ0v) is 15.4. The molecule has 0 saturated carbocycles. The number of nitrogens with zero attached hydrogens (tertiary/aromatic N) is 2. The number of piperidine rings is 1. The van der Waals surface area contributed by atoms with Crippen LogP contribution in [-0.4, -0.2) is 41.9 Å².